The highest BCUT2D eigenvalue weighted by molar-refractivity contribution is 4.89. The fourth-order valence-electron chi connectivity index (χ4n) is 2.32. The number of hydrogen-bond acceptors (Lipinski definition) is 0. The first kappa shape index (κ1) is 12.1. The average Bonchev–Trinajstić information content (AvgIpc) is 2.58. The molecule has 0 aromatic carbocycles. The Balaban J connectivity index is 2.15. The molecule has 0 saturated heterocycles. The Labute approximate surface area is 90.5 Å². The first-order valence-corrected chi connectivity index (χ1v) is 6.17. The second kappa shape index (κ2) is 3.87. The largest absolute Gasteiger partial charge is 0.0602 e. The smallest absolute Gasteiger partial charge is 0.0378 e. The first-order chi connectivity index (χ1) is 6.17. The fourth-order valence-corrected chi connectivity index (χ4v) is 2.32. The molecule has 0 nitrogen and oxygen atoms in total. The van der Waals surface area contributed by atoms with Crippen LogP contribution in [-0.4, -0.2) is 0 Å². The molecule has 14 heavy (non-hydrogen) atoms. The predicted octanol–water partition coefficient (Wildman–Crippen LogP) is 4.89. The highest BCUT2D eigenvalue weighted by atomic mass is 14.4. The van der Waals surface area contributed by atoms with Crippen LogP contribution >= 0.6 is 0 Å². The summed E-state index contributed by atoms with van der Waals surface area (Å²) in [5.74, 6) is 2.12. The highest BCUT2D eigenvalue weighted by Crippen LogP contribution is 2.49. The average molecular weight is 196 g/mol. The van der Waals surface area contributed by atoms with E-state index in [4.69, 9.17) is 0 Å². The molecule has 1 aliphatic rings. The maximum atomic E-state index is 2.37. The number of hydrogen-bond donors (Lipinski definition) is 0. The van der Waals surface area contributed by atoms with E-state index in [0.29, 0.717) is 10.8 Å². The van der Waals surface area contributed by atoms with Gasteiger partial charge in [0.05, 0.1) is 0 Å². The molecule has 0 spiro atoms. The lowest BCUT2D eigenvalue weighted by Crippen LogP contribution is -2.08. The van der Waals surface area contributed by atoms with Crippen molar-refractivity contribution in [2.45, 2.75) is 67.2 Å². The van der Waals surface area contributed by atoms with E-state index in [1.54, 1.807) is 0 Å². The van der Waals surface area contributed by atoms with Crippen LogP contribution in [0.15, 0.2) is 0 Å². The van der Waals surface area contributed by atoms with Crippen LogP contribution in [-0.2, 0) is 0 Å². The molecule has 0 amide bonds. The van der Waals surface area contributed by atoms with E-state index in [1.807, 2.05) is 0 Å². The van der Waals surface area contributed by atoms with Gasteiger partial charge >= 0.3 is 0 Å². The normalized spacial score (nSPS) is 27.9. The molecule has 0 unspecified atom stereocenters. The lowest BCUT2D eigenvalue weighted by Gasteiger charge is -2.19. The van der Waals surface area contributed by atoms with Gasteiger partial charge in [-0.15, -0.1) is 0 Å². The standard InChI is InChI=1S/C14H28/c1-13(2,3)8-7-11-9-12(11)10-14(4,5)6/h11-12H,7-10H2,1-6H3/t11-,12+/m0/s1. The zero-order valence-corrected chi connectivity index (χ0v) is 11.0. The summed E-state index contributed by atoms with van der Waals surface area (Å²) in [6.45, 7) is 14.2. The van der Waals surface area contributed by atoms with Crippen LogP contribution in [0.5, 0.6) is 0 Å². The van der Waals surface area contributed by atoms with E-state index in [9.17, 15) is 0 Å². The van der Waals surface area contributed by atoms with E-state index < -0.39 is 0 Å². The van der Waals surface area contributed by atoms with Crippen LogP contribution in [0, 0.1) is 22.7 Å². The Morgan fingerprint density at radius 1 is 0.857 bits per heavy atom. The second-order valence-corrected chi connectivity index (χ2v) is 7.62. The molecule has 0 radical (unpaired) electrons. The van der Waals surface area contributed by atoms with Gasteiger partial charge in [-0.05, 0) is 48.3 Å². The zero-order valence-electron chi connectivity index (χ0n) is 11.0. The minimum atomic E-state index is 0.537. The van der Waals surface area contributed by atoms with E-state index in [0.717, 1.165) is 11.8 Å². The monoisotopic (exact) mass is 196 g/mol. The van der Waals surface area contributed by atoms with Crippen molar-refractivity contribution >= 4 is 0 Å². The SMILES string of the molecule is CC(C)(C)CC[C@H]1C[C@@H]1CC(C)(C)C. The third-order valence-corrected chi connectivity index (χ3v) is 3.21. The van der Waals surface area contributed by atoms with Crippen molar-refractivity contribution < 1.29 is 0 Å². The maximum absolute atomic E-state index is 2.37. The summed E-state index contributed by atoms with van der Waals surface area (Å²) in [6, 6.07) is 0. The van der Waals surface area contributed by atoms with Gasteiger partial charge in [-0.2, -0.15) is 0 Å². The van der Waals surface area contributed by atoms with Crippen LogP contribution in [0.4, 0.5) is 0 Å². The van der Waals surface area contributed by atoms with Crippen LogP contribution in [0.25, 0.3) is 0 Å². The van der Waals surface area contributed by atoms with Gasteiger partial charge in [0.2, 0.25) is 0 Å². The lowest BCUT2D eigenvalue weighted by atomic mass is 9.86. The Morgan fingerprint density at radius 2 is 1.43 bits per heavy atom. The summed E-state index contributed by atoms with van der Waals surface area (Å²) >= 11 is 0. The Kier molecular flexibility index (Phi) is 3.33. The van der Waals surface area contributed by atoms with Crippen LogP contribution in [0.3, 0.4) is 0 Å². The molecule has 0 aromatic rings. The molecule has 2 atom stereocenters. The third-order valence-electron chi connectivity index (χ3n) is 3.21. The fraction of sp³-hybridized carbons (Fsp3) is 1.00. The molecule has 0 heterocycles. The molecular weight excluding hydrogens is 168 g/mol. The molecular formula is C14H28. The molecule has 0 aliphatic heterocycles. The van der Waals surface area contributed by atoms with Gasteiger partial charge in [0, 0.05) is 0 Å². The Morgan fingerprint density at radius 3 is 1.86 bits per heavy atom. The van der Waals surface area contributed by atoms with Gasteiger partial charge in [-0.1, -0.05) is 41.5 Å². The van der Waals surface area contributed by atoms with Gasteiger partial charge in [0.1, 0.15) is 0 Å². The van der Waals surface area contributed by atoms with Gasteiger partial charge in [-0.25, -0.2) is 0 Å². The first-order valence-electron chi connectivity index (χ1n) is 6.17. The molecule has 1 saturated carbocycles. The highest BCUT2D eigenvalue weighted by Gasteiger charge is 2.39. The molecule has 1 fully saturated rings. The molecule has 0 aromatic heterocycles. The lowest BCUT2D eigenvalue weighted by molar-refractivity contribution is 0.320. The van der Waals surface area contributed by atoms with E-state index in [2.05, 4.69) is 41.5 Å². The summed E-state index contributed by atoms with van der Waals surface area (Å²) in [7, 11) is 0. The summed E-state index contributed by atoms with van der Waals surface area (Å²) < 4.78 is 0. The minimum Gasteiger partial charge on any atom is -0.0602 e. The van der Waals surface area contributed by atoms with Crippen molar-refractivity contribution in [3.8, 4) is 0 Å². The molecule has 1 rings (SSSR count). The van der Waals surface area contributed by atoms with Crippen molar-refractivity contribution in [2.75, 3.05) is 0 Å². The quantitative estimate of drug-likeness (QED) is 0.603. The van der Waals surface area contributed by atoms with Crippen molar-refractivity contribution in [1.82, 2.24) is 0 Å². The molecule has 0 heteroatoms. The third kappa shape index (κ3) is 5.02. The van der Waals surface area contributed by atoms with Crippen molar-refractivity contribution in [3.63, 3.8) is 0 Å². The van der Waals surface area contributed by atoms with E-state index in [-0.39, 0.29) is 0 Å². The van der Waals surface area contributed by atoms with E-state index >= 15 is 0 Å². The maximum Gasteiger partial charge on any atom is -0.0378 e. The molecule has 1 aliphatic carbocycles. The zero-order chi connectivity index (χ0) is 11.0. The minimum absolute atomic E-state index is 0.537. The Bertz CT molecular complexity index is 177. The van der Waals surface area contributed by atoms with Gasteiger partial charge in [-0.3, -0.25) is 0 Å². The van der Waals surface area contributed by atoms with Crippen molar-refractivity contribution in [3.05, 3.63) is 0 Å². The van der Waals surface area contributed by atoms with Crippen molar-refractivity contribution in [1.29, 1.82) is 0 Å². The number of rotatable bonds is 3. The second-order valence-electron chi connectivity index (χ2n) is 7.62. The molecule has 0 bridgehead atoms. The van der Waals surface area contributed by atoms with Crippen molar-refractivity contribution in [2.24, 2.45) is 22.7 Å². The Hall–Kier alpha value is 0. The van der Waals surface area contributed by atoms with Crippen LogP contribution in [0.2, 0.25) is 0 Å². The molecule has 84 valence electrons. The topological polar surface area (TPSA) is 0 Å². The van der Waals surface area contributed by atoms with Gasteiger partial charge in [0.25, 0.3) is 0 Å². The van der Waals surface area contributed by atoms with E-state index in [1.165, 1.54) is 25.7 Å². The van der Waals surface area contributed by atoms with Gasteiger partial charge in [0.15, 0.2) is 0 Å². The predicted molar refractivity (Wildman–Crippen MR) is 64.4 cm³/mol. The summed E-state index contributed by atoms with van der Waals surface area (Å²) in [4.78, 5) is 0. The molecule has 0 N–H and O–H groups in total. The van der Waals surface area contributed by atoms with Crippen LogP contribution in [0.1, 0.15) is 67.2 Å². The van der Waals surface area contributed by atoms with Gasteiger partial charge < -0.3 is 0 Å². The van der Waals surface area contributed by atoms with Crippen LogP contribution < -0.4 is 0 Å². The summed E-state index contributed by atoms with van der Waals surface area (Å²) in [6.07, 6.45) is 5.80. The summed E-state index contributed by atoms with van der Waals surface area (Å²) in [5, 5.41) is 0. The summed E-state index contributed by atoms with van der Waals surface area (Å²) in [5.41, 5.74) is 1.08.